The molecule has 0 bridgehead atoms. The lowest BCUT2D eigenvalue weighted by Crippen LogP contribution is -2.59. The van der Waals surface area contributed by atoms with Gasteiger partial charge in [0.1, 0.15) is 23.6 Å². The van der Waals surface area contributed by atoms with E-state index >= 15 is 0 Å². The lowest BCUT2D eigenvalue weighted by Gasteiger charge is -2.61. The fraction of sp³-hybridized carbons (Fsp3) is 0.600. The molecule has 2 aromatic carbocycles. The highest BCUT2D eigenvalue weighted by Crippen LogP contribution is 2.66. The van der Waals surface area contributed by atoms with E-state index in [4.69, 9.17) is 14.2 Å². The van der Waals surface area contributed by atoms with Crippen molar-refractivity contribution in [2.75, 3.05) is 0 Å². The first-order chi connectivity index (χ1) is 23.2. The predicted molar refractivity (Wildman–Crippen MR) is 182 cm³/mol. The monoisotopic (exact) mass is 673 g/mol. The third kappa shape index (κ3) is 7.01. The highest BCUT2D eigenvalue weighted by Gasteiger charge is 2.63. The first-order valence-electron chi connectivity index (χ1n) is 17.9. The molecule has 4 aliphatic rings. The van der Waals surface area contributed by atoms with Crippen LogP contribution in [-0.4, -0.2) is 52.8 Å². The Bertz CT molecular complexity index is 1540. The van der Waals surface area contributed by atoms with Crippen LogP contribution >= 0.6 is 0 Å². The minimum Gasteiger partial charge on any atom is -0.460 e. The molecule has 49 heavy (non-hydrogen) atoms. The summed E-state index contributed by atoms with van der Waals surface area (Å²) in [5.41, 5.74) is -0.161. The first kappa shape index (κ1) is 35.1. The Morgan fingerprint density at radius 3 is 2.22 bits per heavy atom. The number of amides is 1. The minimum atomic E-state index is -1.66. The first-order valence-corrected chi connectivity index (χ1v) is 17.9. The van der Waals surface area contributed by atoms with Crippen molar-refractivity contribution in [3.8, 4) is 0 Å². The van der Waals surface area contributed by atoms with Gasteiger partial charge in [0, 0.05) is 17.8 Å². The van der Waals surface area contributed by atoms with E-state index in [1.165, 1.54) is 0 Å². The molecule has 4 saturated carbocycles. The second-order valence-electron chi connectivity index (χ2n) is 16.3. The number of aliphatic hydroxyl groups excluding tert-OH is 1. The van der Waals surface area contributed by atoms with Crippen LogP contribution in [0, 0.1) is 34.5 Å². The standard InChI is InChI=1S/C40H51NO8/c1-38(2,3)49-37(46)41-33(24-12-8-6-9-13-24)34(43)36(45)47-27-18-20-39(4)26(22-27)23-30(48-35(44)25-14-10-7-11-15-25)32-28-16-17-31(42)40(28,5)21-19-29(32)39/h6-15,26-30,32-34,43H,16-23H2,1-5H3,(H,41,46)/t26-,27+,28-,29-,30+,32-,33-,34+,39-,40-/m0/s1. The SMILES string of the molecule is CC(C)(C)OC(=O)N[C@@H](c1ccccc1)[C@@H](O)C(=O)O[C@@H]1CC[C@@]2(C)[C@@H](C1)C[C@@H](OC(=O)c1ccccc1)[C@@H]1[C@@H]2CC[C@]2(C)C(=O)CC[C@@H]12. The van der Waals surface area contributed by atoms with Crippen molar-refractivity contribution in [2.24, 2.45) is 34.5 Å². The van der Waals surface area contributed by atoms with Crippen LogP contribution in [0.2, 0.25) is 0 Å². The Morgan fingerprint density at radius 1 is 0.878 bits per heavy atom. The molecule has 0 spiro atoms. The van der Waals surface area contributed by atoms with Crippen molar-refractivity contribution in [1.29, 1.82) is 0 Å². The van der Waals surface area contributed by atoms with Gasteiger partial charge in [-0.05, 0) is 107 Å². The number of carbonyl (C=O) groups excluding carboxylic acids is 4. The molecule has 0 aromatic heterocycles. The zero-order chi connectivity index (χ0) is 35.1. The number of esters is 2. The maximum absolute atomic E-state index is 13.6. The number of aliphatic hydroxyl groups is 1. The number of ketones is 1. The fourth-order valence-electron chi connectivity index (χ4n) is 9.75. The summed E-state index contributed by atoms with van der Waals surface area (Å²) in [6, 6.07) is 16.8. The van der Waals surface area contributed by atoms with Crippen LogP contribution in [0.1, 0.15) is 108 Å². The van der Waals surface area contributed by atoms with Crippen molar-refractivity contribution < 1.29 is 38.5 Å². The summed E-state index contributed by atoms with van der Waals surface area (Å²) < 4.78 is 17.8. The number of benzene rings is 2. The average Bonchev–Trinajstić information content (AvgIpc) is 3.37. The number of ether oxygens (including phenoxy) is 3. The number of hydrogen-bond donors (Lipinski definition) is 2. The van der Waals surface area contributed by atoms with Crippen molar-refractivity contribution in [1.82, 2.24) is 5.32 Å². The van der Waals surface area contributed by atoms with Gasteiger partial charge in [-0.25, -0.2) is 14.4 Å². The quantitative estimate of drug-likeness (QED) is 0.238. The second-order valence-corrected chi connectivity index (χ2v) is 16.3. The predicted octanol–water partition coefficient (Wildman–Crippen LogP) is 6.97. The van der Waals surface area contributed by atoms with Crippen LogP contribution in [0.25, 0.3) is 0 Å². The molecule has 6 rings (SSSR count). The van der Waals surface area contributed by atoms with E-state index in [2.05, 4.69) is 19.2 Å². The fourth-order valence-corrected chi connectivity index (χ4v) is 9.75. The van der Waals surface area contributed by atoms with E-state index in [1.807, 2.05) is 24.3 Å². The summed E-state index contributed by atoms with van der Waals surface area (Å²) in [7, 11) is 0. The number of hydrogen-bond acceptors (Lipinski definition) is 8. The third-order valence-electron chi connectivity index (χ3n) is 12.3. The smallest absolute Gasteiger partial charge is 0.408 e. The number of alkyl carbamates (subject to hydrolysis) is 1. The highest BCUT2D eigenvalue weighted by molar-refractivity contribution is 5.89. The number of carbonyl (C=O) groups is 4. The lowest BCUT2D eigenvalue weighted by atomic mass is 9.44. The summed E-state index contributed by atoms with van der Waals surface area (Å²) in [5.74, 6) is -0.189. The summed E-state index contributed by atoms with van der Waals surface area (Å²) in [4.78, 5) is 52.9. The van der Waals surface area contributed by atoms with Crippen molar-refractivity contribution in [3.63, 3.8) is 0 Å². The van der Waals surface area contributed by atoms with Crippen molar-refractivity contribution in [3.05, 3.63) is 71.8 Å². The lowest BCUT2D eigenvalue weighted by molar-refractivity contribution is -0.184. The highest BCUT2D eigenvalue weighted by atomic mass is 16.6. The van der Waals surface area contributed by atoms with Crippen molar-refractivity contribution in [2.45, 2.75) is 116 Å². The van der Waals surface area contributed by atoms with E-state index in [0.29, 0.717) is 42.6 Å². The number of rotatable bonds is 7. The molecule has 10 atom stereocenters. The molecule has 0 unspecified atom stereocenters. The van der Waals surface area contributed by atoms with Crippen LogP contribution in [0.5, 0.6) is 0 Å². The Labute approximate surface area is 289 Å². The molecular weight excluding hydrogens is 622 g/mol. The Kier molecular flexibility index (Phi) is 9.70. The number of fused-ring (bicyclic) bond motifs is 5. The molecule has 9 nitrogen and oxygen atoms in total. The van der Waals surface area contributed by atoms with E-state index in [9.17, 15) is 24.3 Å². The molecule has 2 aromatic rings. The topological polar surface area (TPSA) is 128 Å². The Balaban J connectivity index is 1.20. The normalized spacial score (nSPS) is 33.6. The molecule has 0 radical (unpaired) electrons. The van der Waals surface area contributed by atoms with Gasteiger partial charge < -0.3 is 24.6 Å². The Hall–Kier alpha value is -3.72. The van der Waals surface area contributed by atoms with E-state index in [-0.39, 0.29) is 46.6 Å². The number of nitrogens with one attached hydrogen (secondary N) is 1. The molecule has 4 aliphatic carbocycles. The molecule has 2 N–H and O–H groups in total. The van der Waals surface area contributed by atoms with Crippen LogP contribution in [0.4, 0.5) is 4.79 Å². The molecule has 0 heterocycles. The van der Waals surface area contributed by atoms with Crippen LogP contribution < -0.4 is 5.32 Å². The molecule has 1 amide bonds. The summed E-state index contributed by atoms with van der Waals surface area (Å²) in [6.07, 6.45) is 2.61. The van der Waals surface area contributed by atoms with Crippen LogP contribution in [-0.2, 0) is 23.8 Å². The molecule has 4 fully saturated rings. The molecule has 0 aliphatic heterocycles. The molecular formula is C40H51NO8. The number of Topliss-reactive ketones (excluding diaryl/α,β-unsaturated/α-hetero) is 1. The van der Waals surface area contributed by atoms with E-state index < -0.39 is 35.9 Å². The molecule has 264 valence electrons. The average molecular weight is 674 g/mol. The van der Waals surface area contributed by atoms with Gasteiger partial charge in [-0.1, -0.05) is 62.4 Å². The summed E-state index contributed by atoms with van der Waals surface area (Å²) in [6.45, 7) is 9.69. The maximum atomic E-state index is 13.6. The zero-order valence-corrected chi connectivity index (χ0v) is 29.4. The minimum absolute atomic E-state index is 0.0698. The van der Waals surface area contributed by atoms with E-state index in [0.717, 1.165) is 25.7 Å². The van der Waals surface area contributed by atoms with Gasteiger partial charge in [-0.15, -0.1) is 0 Å². The van der Waals surface area contributed by atoms with Gasteiger partial charge in [-0.3, -0.25) is 4.79 Å². The van der Waals surface area contributed by atoms with Crippen LogP contribution in [0.3, 0.4) is 0 Å². The summed E-state index contributed by atoms with van der Waals surface area (Å²) >= 11 is 0. The van der Waals surface area contributed by atoms with Gasteiger partial charge in [0.2, 0.25) is 0 Å². The van der Waals surface area contributed by atoms with Gasteiger partial charge in [0.05, 0.1) is 11.6 Å². The molecule has 0 saturated heterocycles. The maximum Gasteiger partial charge on any atom is 0.408 e. The van der Waals surface area contributed by atoms with Crippen molar-refractivity contribution >= 4 is 23.8 Å². The van der Waals surface area contributed by atoms with Gasteiger partial charge in [0.25, 0.3) is 0 Å². The second kappa shape index (κ2) is 13.5. The Morgan fingerprint density at radius 2 is 1.55 bits per heavy atom. The van der Waals surface area contributed by atoms with Gasteiger partial charge in [0.15, 0.2) is 6.10 Å². The van der Waals surface area contributed by atoms with Gasteiger partial charge in [-0.2, -0.15) is 0 Å². The van der Waals surface area contributed by atoms with E-state index in [1.54, 1.807) is 57.2 Å². The third-order valence-corrected chi connectivity index (χ3v) is 12.3. The zero-order valence-electron chi connectivity index (χ0n) is 29.4. The molecule has 9 heteroatoms. The summed E-state index contributed by atoms with van der Waals surface area (Å²) in [5, 5.41) is 14.0. The van der Waals surface area contributed by atoms with Gasteiger partial charge >= 0.3 is 18.0 Å². The van der Waals surface area contributed by atoms with Crippen LogP contribution in [0.15, 0.2) is 60.7 Å². The largest absolute Gasteiger partial charge is 0.460 e.